The van der Waals surface area contributed by atoms with Crippen LogP contribution in [0.25, 0.3) is 0 Å². The van der Waals surface area contributed by atoms with Crippen LogP contribution in [0.2, 0.25) is 0 Å². The van der Waals surface area contributed by atoms with Crippen molar-refractivity contribution in [3.63, 3.8) is 0 Å². The molecule has 12 heteroatoms. The number of ether oxygens (including phenoxy) is 5. The summed E-state index contributed by atoms with van der Waals surface area (Å²) in [6.45, 7) is 5.78. The van der Waals surface area contributed by atoms with Gasteiger partial charge in [-0.05, 0) is 109 Å². The molecular weight excluding hydrogens is 901 g/mol. The number of carbonyl (C=O) groups excluding carboxylic acids is 3. The molecule has 1 aliphatic rings. The number of hydrogen-bond acceptors (Lipinski definition) is 11. The Bertz CT molecular complexity index is 1510. The lowest BCUT2D eigenvalue weighted by Gasteiger charge is -2.40. The van der Waals surface area contributed by atoms with Crippen molar-refractivity contribution in [1.29, 1.82) is 0 Å². The van der Waals surface area contributed by atoms with Gasteiger partial charge in [-0.15, -0.1) is 0 Å². The van der Waals surface area contributed by atoms with E-state index < -0.39 is 67.3 Å². The molecule has 1 rings (SSSR count). The zero-order valence-electron chi connectivity index (χ0n) is 44.4. The number of unbranched alkanes of at least 4 members (excludes halogenated alkanes) is 20. The standard InChI is InChI=1S/C59H98O12/c1-4-7-10-13-16-19-22-25-26-29-30-33-36-39-42-45-51(60)67-48-50(69-52(61)46-43-40-37-34-31-27-23-20-17-14-11-8-5-2)49-68-59-57(55(64)54(63)56(71-59)58(65)66)70-53(62)47-44-41-38-35-32-28-24-21-18-15-12-9-6-3/h8,11,16-17,19-21,24-27,31,50,54-57,59,63-64H,4-7,9-10,12-15,18,22-23,28-30,32-49H2,1-3H3,(H,65,66)/b11-8-,19-16-,20-17-,24-21-,26-25-,31-27-. The molecule has 1 saturated heterocycles. The Kier molecular flexibility index (Phi) is 43.3. The predicted molar refractivity (Wildman–Crippen MR) is 285 cm³/mol. The second kappa shape index (κ2) is 47.2. The lowest BCUT2D eigenvalue weighted by atomic mass is 9.98. The minimum Gasteiger partial charge on any atom is -0.479 e. The Labute approximate surface area is 429 Å². The number of hydrogen-bond donors (Lipinski definition) is 3. The lowest BCUT2D eigenvalue weighted by molar-refractivity contribution is -0.301. The van der Waals surface area contributed by atoms with Crippen LogP contribution in [0, 0.1) is 0 Å². The second-order valence-electron chi connectivity index (χ2n) is 18.8. The number of carboxylic acid groups (broad SMARTS) is 1. The summed E-state index contributed by atoms with van der Waals surface area (Å²) in [7, 11) is 0. The zero-order valence-corrected chi connectivity index (χ0v) is 44.4. The van der Waals surface area contributed by atoms with Gasteiger partial charge in [-0.1, -0.05) is 171 Å². The van der Waals surface area contributed by atoms with Crippen LogP contribution in [0.4, 0.5) is 0 Å². The molecule has 1 aliphatic heterocycles. The van der Waals surface area contributed by atoms with Crippen LogP contribution in [0.1, 0.15) is 226 Å². The molecule has 6 unspecified atom stereocenters. The van der Waals surface area contributed by atoms with Gasteiger partial charge in [0, 0.05) is 19.3 Å². The highest BCUT2D eigenvalue weighted by atomic mass is 16.7. The van der Waals surface area contributed by atoms with Crippen LogP contribution in [0.5, 0.6) is 0 Å². The van der Waals surface area contributed by atoms with Gasteiger partial charge in [0.15, 0.2) is 24.6 Å². The first-order chi connectivity index (χ1) is 34.6. The monoisotopic (exact) mass is 999 g/mol. The quantitative estimate of drug-likeness (QED) is 0.0228. The van der Waals surface area contributed by atoms with Gasteiger partial charge in [-0.2, -0.15) is 0 Å². The van der Waals surface area contributed by atoms with Gasteiger partial charge in [0.2, 0.25) is 0 Å². The third kappa shape index (κ3) is 37.6. The highest BCUT2D eigenvalue weighted by Gasteiger charge is 2.50. The summed E-state index contributed by atoms with van der Waals surface area (Å²) < 4.78 is 28.3. The summed E-state index contributed by atoms with van der Waals surface area (Å²) in [6, 6.07) is 0. The second-order valence-corrected chi connectivity index (χ2v) is 18.8. The van der Waals surface area contributed by atoms with Crippen LogP contribution >= 0.6 is 0 Å². The van der Waals surface area contributed by atoms with Crippen molar-refractivity contribution in [2.24, 2.45) is 0 Å². The maximum atomic E-state index is 13.1. The summed E-state index contributed by atoms with van der Waals surface area (Å²) in [5.74, 6) is -3.19. The fraction of sp³-hybridized carbons (Fsp3) is 0.729. The van der Waals surface area contributed by atoms with Crippen molar-refractivity contribution in [3.05, 3.63) is 72.9 Å². The summed E-state index contributed by atoms with van der Waals surface area (Å²) in [5, 5.41) is 31.4. The van der Waals surface area contributed by atoms with Gasteiger partial charge in [0.25, 0.3) is 0 Å². The van der Waals surface area contributed by atoms with Crippen molar-refractivity contribution < 1.29 is 58.2 Å². The first kappa shape index (κ1) is 65.2. The van der Waals surface area contributed by atoms with E-state index in [0.29, 0.717) is 19.3 Å². The molecule has 0 aromatic rings. The SMILES string of the molecule is CC/C=C\C/C=C\C/C=C\CCCCCC(=O)OC(COC(=O)CCCCCCC/C=C\C/C=C\CCCCC)COC1OC(C(=O)O)C(O)C(O)C1OC(=O)CCCCCCC/C=C\CCCCCC. The molecule has 0 bridgehead atoms. The molecule has 6 atom stereocenters. The van der Waals surface area contributed by atoms with Crippen LogP contribution in [-0.4, -0.2) is 89.2 Å². The van der Waals surface area contributed by atoms with E-state index in [-0.39, 0.29) is 25.9 Å². The smallest absolute Gasteiger partial charge is 0.335 e. The predicted octanol–water partition coefficient (Wildman–Crippen LogP) is 13.8. The molecule has 12 nitrogen and oxygen atoms in total. The van der Waals surface area contributed by atoms with Crippen molar-refractivity contribution >= 4 is 23.9 Å². The topological polar surface area (TPSA) is 175 Å². The average Bonchev–Trinajstić information content (AvgIpc) is 3.35. The van der Waals surface area contributed by atoms with Gasteiger partial charge in [0.1, 0.15) is 18.8 Å². The third-order valence-corrected chi connectivity index (χ3v) is 12.2. The zero-order chi connectivity index (χ0) is 51.8. The van der Waals surface area contributed by atoms with E-state index in [1.165, 1.54) is 44.9 Å². The van der Waals surface area contributed by atoms with E-state index >= 15 is 0 Å². The first-order valence-electron chi connectivity index (χ1n) is 27.9. The molecule has 1 fully saturated rings. The van der Waals surface area contributed by atoms with Gasteiger partial charge < -0.3 is 39.0 Å². The Hall–Kier alpha value is -3.84. The van der Waals surface area contributed by atoms with Crippen LogP contribution in [-0.2, 0) is 42.9 Å². The molecule has 0 aliphatic carbocycles. The minimum absolute atomic E-state index is 0.0434. The molecule has 0 radical (unpaired) electrons. The van der Waals surface area contributed by atoms with E-state index in [4.69, 9.17) is 23.7 Å². The number of rotatable bonds is 46. The normalized spacial score (nSPS) is 19.0. The molecular formula is C59H98O12. The molecule has 71 heavy (non-hydrogen) atoms. The van der Waals surface area contributed by atoms with E-state index in [9.17, 15) is 34.5 Å². The number of aliphatic carboxylic acids is 1. The van der Waals surface area contributed by atoms with Crippen molar-refractivity contribution in [3.8, 4) is 0 Å². The largest absolute Gasteiger partial charge is 0.479 e. The number of aliphatic hydroxyl groups is 2. The van der Waals surface area contributed by atoms with E-state index in [2.05, 4.69) is 93.7 Å². The number of esters is 3. The molecule has 406 valence electrons. The molecule has 0 aromatic carbocycles. The molecule has 1 heterocycles. The van der Waals surface area contributed by atoms with Crippen LogP contribution in [0.15, 0.2) is 72.9 Å². The number of allylic oxidation sites excluding steroid dienone is 12. The summed E-state index contributed by atoms with van der Waals surface area (Å²) >= 11 is 0. The molecule has 0 aromatic heterocycles. The van der Waals surface area contributed by atoms with Gasteiger partial charge in [0.05, 0.1) is 6.61 Å². The Balaban J connectivity index is 2.75. The Morgan fingerprint density at radius 1 is 0.479 bits per heavy atom. The van der Waals surface area contributed by atoms with E-state index in [1.807, 2.05) is 0 Å². The maximum Gasteiger partial charge on any atom is 0.335 e. The van der Waals surface area contributed by atoms with Crippen molar-refractivity contribution in [1.82, 2.24) is 0 Å². The fourth-order valence-corrected chi connectivity index (χ4v) is 7.93. The highest BCUT2D eigenvalue weighted by molar-refractivity contribution is 5.74. The first-order valence-corrected chi connectivity index (χ1v) is 27.9. The summed E-state index contributed by atoms with van der Waals surface area (Å²) in [6.07, 6.45) is 45.9. The summed E-state index contributed by atoms with van der Waals surface area (Å²) in [5.41, 5.74) is 0. The van der Waals surface area contributed by atoms with Gasteiger partial charge in [-0.25, -0.2) is 4.79 Å². The van der Waals surface area contributed by atoms with Crippen molar-refractivity contribution in [2.45, 2.75) is 263 Å². The molecule has 0 saturated carbocycles. The maximum absolute atomic E-state index is 13.1. The number of carboxylic acids is 1. The van der Waals surface area contributed by atoms with Gasteiger partial charge in [-0.3, -0.25) is 14.4 Å². The minimum atomic E-state index is -1.91. The number of aliphatic hydroxyl groups excluding tert-OH is 2. The average molecular weight is 999 g/mol. The Morgan fingerprint density at radius 2 is 0.887 bits per heavy atom. The molecule has 0 spiro atoms. The highest BCUT2D eigenvalue weighted by Crippen LogP contribution is 2.26. The number of carbonyl (C=O) groups is 4. The fourth-order valence-electron chi connectivity index (χ4n) is 7.93. The Morgan fingerprint density at radius 3 is 1.41 bits per heavy atom. The van der Waals surface area contributed by atoms with E-state index in [1.54, 1.807) is 0 Å². The van der Waals surface area contributed by atoms with Crippen molar-refractivity contribution in [2.75, 3.05) is 13.2 Å². The van der Waals surface area contributed by atoms with Crippen LogP contribution < -0.4 is 0 Å². The molecule has 0 amide bonds. The summed E-state index contributed by atoms with van der Waals surface area (Å²) in [4.78, 5) is 51.0. The van der Waals surface area contributed by atoms with Gasteiger partial charge >= 0.3 is 23.9 Å². The van der Waals surface area contributed by atoms with Crippen LogP contribution in [0.3, 0.4) is 0 Å². The third-order valence-electron chi connectivity index (χ3n) is 12.2. The lowest BCUT2D eigenvalue weighted by Crippen LogP contribution is -2.61. The molecule has 3 N–H and O–H groups in total. The van der Waals surface area contributed by atoms with E-state index in [0.717, 1.165) is 122 Å².